The second-order valence-electron chi connectivity index (χ2n) is 8.97. The van der Waals surface area contributed by atoms with Crippen LogP contribution in [0.25, 0.3) is 0 Å². The molecule has 0 unspecified atom stereocenters. The standard InChI is InChI=1S/C24H28BrN3O3S/c1-15-11-16(2)14-27(13-15)23(30)18-12-17(25)7-8-19(18)26-22(29)20-5-3-9-28(20)24(31)21-6-4-10-32-21/h4,6-8,10,12,15-16,20H,3,5,9,11,13-14H2,1-2H3,(H,26,29)/t15-,16+,20-/m0/s1. The van der Waals surface area contributed by atoms with Crippen LogP contribution >= 0.6 is 27.3 Å². The lowest BCUT2D eigenvalue weighted by Gasteiger charge is -2.35. The van der Waals surface area contributed by atoms with E-state index < -0.39 is 6.04 Å². The first kappa shape index (κ1) is 23.0. The molecule has 1 aromatic heterocycles. The molecule has 2 saturated heterocycles. The van der Waals surface area contributed by atoms with Gasteiger partial charge in [-0.25, -0.2) is 0 Å². The van der Waals surface area contributed by atoms with E-state index in [2.05, 4.69) is 35.1 Å². The highest BCUT2D eigenvalue weighted by atomic mass is 79.9. The quantitative estimate of drug-likeness (QED) is 0.628. The van der Waals surface area contributed by atoms with E-state index >= 15 is 0 Å². The molecule has 1 aromatic carbocycles. The summed E-state index contributed by atoms with van der Waals surface area (Å²) >= 11 is 4.84. The van der Waals surface area contributed by atoms with Crippen molar-refractivity contribution in [3.05, 3.63) is 50.6 Å². The van der Waals surface area contributed by atoms with Gasteiger partial charge in [0.15, 0.2) is 0 Å². The number of rotatable bonds is 4. The van der Waals surface area contributed by atoms with Crippen molar-refractivity contribution in [1.29, 1.82) is 0 Å². The van der Waals surface area contributed by atoms with E-state index in [1.165, 1.54) is 11.3 Å². The lowest BCUT2D eigenvalue weighted by Crippen LogP contribution is -2.44. The number of amides is 3. The number of anilines is 1. The molecule has 0 radical (unpaired) electrons. The fraction of sp³-hybridized carbons (Fsp3) is 0.458. The lowest BCUT2D eigenvalue weighted by molar-refractivity contribution is -0.119. The first-order valence-corrected chi connectivity index (χ1v) is 12.7. The van der Waals surface area contributed by atoms with Crippen LogP contribution in [0.1, 0.15) is 53.1 Å². The SMILES string of the molecule is C[C@@H]1C[C@H](C)CN(C(=O)c2cc(Br)ccc2NC(=O)[C@@H]2CCCN2C(=O)c2cccs2)C1. The van der Waals surface area contributed by atoms with Crippen LogP contribution in [-0.2, 0) is 4.79 Å². The molecule has 4 rings (SSSR count). The van der Waals surface area contributed by atoms with Gasteiger partial charge in [-0.05, 0) is 60.7 Å². The molecule has 8 heteroatoms. The Labute approximate surface area is 201 Å². The maximum absolute atomic E-state index is 13.4. The molecule has 1 N–H and O–H groups in total. The third-order valence-corrected chi connectivity index (χ3v) is 7.53. The molecule has 32 heavy (non-hydrogen) atoms. The van der Waals surface area contributed by atoms with Gasteiger partial charge in [0.1, 0.15) is 6.04 Å². The van der Waals surface area contributed by atoms with Crippen molar-refractivity contribution in [3.8, 4) is 0 Å². The number of benzene rings is 1. The summed E-state index contributed by atoms with van der Waals surface area (Å²) < 4.78 is 0.785. The molecule has 170 valence electrons. The molecule has 3 atom stereocenters. The van der Waals surface area contributed by atoms with Crippen molar-refractivity contribution in [3.63, 3.8) is 0 Å². The second kappa shape index (κ2) is 9.75. The van der Waals surface area contributed by atoms with Crippen LogP contribution in [0.2, 0.25) is 0 Å². The van der Waals surface area contributed by atoms with E-state index in [4.69, 9.17) is 0 Å². The number of hydrogen-bond acceptors (Lipinski definition) is 4. The zero-order valence-electron chi connectivity index (χ0n) is 18.3. The van der Waals surface area contributed by atoms with Crippen molar-refractivity contribution in [2.75, 3.05) is 25.0 Å². The Hall–Kier alpha value is -2.19. The molecule has 0 spiro atoms. The van der Waals surface area contributed by atoms with E-state index in [-0.39, 0.29) is 17.7 Å². The summed E-state index contributed by atoms with van der Waals surface area (Å²) in [6, 6.07) is 8.43. The number of nitrogens with one attached hydrogen (secondary N) is 1. The summed E-state index contributed by atoms with van der Waals surface area (Å²) in [6.07, 6.45) is 2.51. The van der Waals surface area contributed by atoms with Gasteiger partial charge in [-0.2, -0.15) is 0 Å². The summed E-state index contributed by atoms with van der Waals surface area (Å²) in [7, 11) is 0. The molecular formula is C24H28BrN3O3S. The first-order chi connectivity index (χ1) is 15.3. The monoisotopic (exact) mass is 517 g/mol. The number of nitrogens with zero attached hydrogens (tertiary/aromatic N) is 2. The van der Waals surface area contributed by atoms with E-state index in [0.717, 1.165) is 30.4 Å². The van der Waals surface area contributed by atoms with Crippen LogP contribution in [0.15, 0.2) is 40.2 Å². The molecule has 6 nitrogen and oxygen atoms in total. The molecule has 2 aliphatic heterocycles. The van der Waals surface area contributed by atoms with Gasteiger partial charge in [0.25, 0.3) is 11.8 Å². The number of likely N-dealkylation sites (tertiary alicyclic amines) is 2. The molecule has 2 aromatic rings. The normalized spacial score (nSPS) is 23.3. The fourth-order valence-electron chi connectivity index (χ4n) is 4.84. The van der Waals surface area contributed by atoms with Crippen molar-refractivity contribution in [2.24, 2.45) is 11.8 Å². The first-order valence-electron chi connectivity index (χ1n) is 11.1. The van der Waals surface area contributed by atoms with Gasteiger partial charge in [-0.1, -0.05) is 35.8 Å². The van der Waals surface area contributed by atoms with Gasteiger partial charge in [0, 0.05) is 24.1 Å². The molecule has 0 aliphatic carbocycles. The van der Waals surface area contributed by atoms with Crippen molar-refractivity contribution in [1.82, 2.24) is 9.80 Å². The van der Waals surface area contributed by atoms with Gasteiger partial charge in [-0.3, -0.25) is 14.4 Å². The van der Waals surface area contributed by atoms with Crippen LogP contribution in [0.3, 0.4) is 0 Å². The zero-order chi connectivity index (χ0) is 22.8. The Morgan fingerprint density at radius 3 is 2.53 bits per heavy atom. The van der Waals surface area contributed by atoms with E-state index in [9.17, 15) is 14.4 Å². The Bertz CT molecular complexity index is 1000. The highest BCUT2D eigenvalue weighted by Gasteiger charge is 2.35. The molecule has 0 bridgehead atoms. The smallest absolute Gasteiger partial charge is 0.264 e. The van der Waals surface area contributed by atoms with Crippen molar-refractivity contribution < 1.29 is 14.4 Å². The lowest BCUT2D eigenvalue weighted by atomic mass is 9.91. The minimum Gasteiger partial charge on any atom is -0.338 e. The van der Waals surface area contributed by atoms with Crippen molar-refractivity contribution >= 4 is 50.7 Å². The fourth-order valence-corrected chi connectivity index (χ4v) is 5.88. The topological polar surface area (TPSA) is 69.7 Å². The molecular weight excluding hydrogens is 490 g/mol. The van der Waals surface area contributed by atoms with Crippen molar-refractivity contribution in [2.45, 2.75) is 39.2 Å². The van der Waals surface area contributed by atoms with Gasteiger partial charge >= 0.3 is 0 Å². The predicted molar refractivity (Wildman–Crippen MR) is 130 cm³/mol. The summed E-state index contributed by atoms with van der Waals surface area (Å²) in [5, 5.41) is 4.82. The Balaban J connectivity index is 1.53. The molecule has 0 saturated carbocycles. The highest BCUT2D eigenvalue weighted by Crippen LogP contribution is 2.29. The summed E-state index contributed by atoms with van der Waals surface area (Å²) in [5.41, 5.74) is 0.965. The molecule has 2 aliphatic rings. The molecule has 2 fully saturated rings. The summed E-state index contributed by atoms with van der Waals surface area (Å²) in [4.78, 5) is 43.6. The Morgan fingerprint density at radius 2 is 1.84 bits per heavy atom. The predicted octanol–water partition coefficient (Wildman–Crippen LogP) is 4.87. The minimum atomic E-state index is -0.536. The van der Waals surface area contributed by atoms with Crippen LogP contribution in [0, 0.1) is 11.8 Å². The van der Waals surface area contributed by atoms with Crippen LogP contribution in [0.4, 0.5) is 5.69 Å². The van der Waals surface area contributed by atoms with Crippen LogP contribution < -0.4 is 5.32 Å². The molecule has 3 heterocycles. The summed E-state index contributed by atoms with van der Waals surface area (Å²) in [6.45, 7) is 6.33. The number of carbonyl (C=O) groups is 3. The van der Waals surface area contributed by atoms with E-state index in [0.29, 0.717) is 40.9 Å². The van der Waals surface area contributed by atoms with Gasteiger partial charge < -0.3 is 15.1 Å². The third kappa shape index (κ3) is 4.91. The van der Waals surface area contributed by atoms with E-state index in [1.54, 1.807) is 23.1 Å². The highest BCUT2D eigenvalue weighted by molar-refractivity contribution is 9.10. The Kier molecular flexibility index (Phi) is 7.00. The average molecular weight is 518 g/mol. The Morgan fingerprint density at radius 1 is 1.09 bits per heavy atom. The maximum atomic E-state index is 13.4. The summed E-state index contributed by atoms with van der Waals surface area (Å²) in [5.74, 6) is 0.467. The molecule has 3 amide bonds. The largest absolute Gasteiger partial charge is 0.338 e. The number of hydrogen-bond donors (Lipinski definition) is 1. The van der Waals surface area contributed by atoms with Crippen LogP contribution in [0.5, 0.6) is 0 Å². The average Bonchev–Trinajstić information content (AvgIpc) is 3.45. The maximum Gasteiger partial charge on any atom is 0.264 e. The third-order valence-electron chi connectivity index (χ3n) is 6.17. The van der Waals surface area contributed by atoms with Crippen LogP contribution in [-0.4, -0.2) is 53.2 Å². The minimum absolute atomic E-state index is 0.0714. The number of piperidine rings is 1. The van der Waals surface area contributed by atoms with Gasteiger partial charge in [0.05, 0.1) is 16.1 Å². The van der Waals surface area contributed by atoms with E-state index in [1.807, 2.05) is 22.4 Å². The second-order valence-corrected chi connectivity index (χ2v) is 10.8. The van der Waals surface area contributed by atoms with Gasteiger partial charge in [0.2, 0.25) is 5.91 Å². The number of halogens is 1. The number of carbonyl (C=O) groups excluding carboxylic acids is 3. The zero-order valence-corrected chi connectivity index (χ0v) is 20.7. The number of thiophene rings is 1. The van der Waals surface area contributed by atoms with Gasteiger partial charge in [-0.15, -0.1) is 11.3 Å².